The predicted octanol–water partition coefficient (Wildman–Crippen LogP) is 15.9. The van der Waals surface area contributed by atoms with Crippen LogP contribution in [0.2, 0.25) is 0 Å². The highest BCUT2D eigenvalue weighted by Gasteiger charge is 2.48. The van der Waals surface area contributed by atoms with Crippen molar-refractivity contribution in [3.63, 3.8) is 0 Å². The summed E-state index contributed by atoms with van der Waals surface area (Å²) in [6.07, 6.45) is -16.1. The molecule has 0 aliphatic carbocycles. The Morgan fingerprint density at radius 3 is 0.915 bits per heavy atom. The minimum atomic E-state index is -2.75. The third-order valence-corrected chi connectivity index (χ3v) is 26.5. The van der Waals surface area contributed by atoms with Crippen molar-refractivity contribution < 1.29 is 124 Å². The van der Waals surface area contributed by atoms with E-state index < -0.39 is 222 Å². The van der Waals surface area contributed by atoms with Gasteiger partial charge in [0.1, 0.15) is 82.8 Å². The molecule has 0 unspecified atom stereocenters. The molecule has 8 heterocycles. The molecule has 4 aliphatic heterocycles. The number of amides is 8. The second kappa shape index (κ2) is 46.6. The molecule has 772 valence electrons. The van der Waals surface area contributed by atoms with Gasteiger partial charge in [0.05, 0.1) is 55.0 Å². The van der Waals surface area contributed by atoms with Crippen LogP contribution in [-0.4, -0.2) is 257 Å². The van der Waals surface area contributed by atoms with Crippen molar-refractivity contribution in [2.75, 3.05) is 40.3 Å². The summed E-state index contributed by atoms with van der Waals surface area (Å²) >= 11 is 0. The van der Waals surface area contributed by atoms with Gasteiger partial charge in [0.2, 0.25) is 35.4 Å². The lowest BCUT2D eigenvalue weighted by molar-refractivity contribution is -0.147. The number of likely N-dealkylation sites (tertiary alicyclic amines) is 4. The van der Waals surface area contributed by atoms with Crippen LogP contribution in [0.15, 0.2) is 72.8 Å². The van der Waals surface area contributed by atoms with E-state index in [4.69, 9.17) is 28.4 Å². The molecule has 8 amide bonds. The van der Waals surface area contributed by atoms with E-state index in [9.17, 15) is 78.1 Å². The molecule has 0 saturated carbocycles. The van der Waals surface area contributed by atoms with Gasteiger partial charge < -0.3 is 83.5 Å². The number of nitrogens with zero attached hydrogens (tertiary/aromatic N) is 6. The molecule has 4 aromatic carbocycles. The van der Waals surface area contributed by atoms with E-state index in [1.54, 1.807) is 83.1 Å². The number of H-pyrrole nitrogens is 4. The number of likely N-dealkylation sites (N-methyl/N-ethyl adjacent to an activating group) is 2. The molecule has 4 saturated heterocycles. The number of aromatic nitrogens is 4. The first-order valence-corrected chi connectivity index (χ1v) is 48.7. The highest BCUT2D eigenvalue weighted by molar-refractivity contribution is 6.00. The molecule has 0 bridgehead atoms. The lowest BCUT2D eigenvalue weighted by Crippen LogP contribution is -2.55. The number of nitrogens with one attached hydrogen (secondary N) is 6. The Balaban J connectivity index is 0.000000289. The normalized spacial score (nSPS) is 21.1. The molecule has 142 heavy (non-hydrogen) atoms. The minimum absolute atomic E-state index is 0.0154. The van der Waals surface area contributed by atoms with E-state index in [0.717, 1.165) is 77.1 Å². The molecule has 16 atom stereocenters. The second-order valence-electron chi connectivity index (χ2n) is 39.4. The average Bonchev–Trinajstić information content (AvgIpc) is 1.55. The first-order chi connectivity index (χ1) is 69.9. The van der Waals surface area contributed by atoms with Crippen molar-refractivity contribution in [3.05, 3.63) is 118 Å². The number of Topliss-reactive ketones (excluding diaryl/α,β-unsaturated/α-hetero) is 2. The van der Waals surface area contributed by atoms with Gasteiger partial charge in [-0.25, -0.2) is 27.2 Å². The van der Waals surface area contributed by atoms with E-state index in [2.05, 4.69) is 30.6 Å². The van der Waals surface area contributed by atoms with Crippen LogP contribution in [0.25, 0.3) is 66.4 Å². The molecule has 0 radical (unpaired) electrons. The van der Waals surface area contributed by atoms with E-state index in [-0.39, 0.29) is 197 Å². The van der Waals surface area contributed by atoms with Crippen LogP contribution in [-0.2, 0) is 111 Å². The van der Waals surface area contributed by atoms with Crippen LogP contribution in [0.1, 0.15) is 249 Å². The average molecular weight is 1990 g/mol. The first kappa shape index (κ1) is 98.1. The quantitative estimate of drug-likeness (QED) is 0.0121. The van der Waals surface area contributed by atoms with Gasteiger partial charge in [-0.1, -0.05) is 55.4 Å². The van der Waals surface area contributed by atoms with Crippen molar-refractivity contribution in [3.8, 4) is 22.8 Å². The zero-order valence-electron chi connectivity index (χ0n) is 92.8. The number of hydrogen-bond donors (Lipinski definition) is 6. The number of carbonyl (C=O) groups excluding carboxylic acids is 14. The second-order valence-corrected chi connectivity index (χ2v) is 39.4. The number of esters is 4. The molecule has 4 aromatic heterocycles. The topological polar surface area (TPSA) is 401 Å². The molecule has 4 aliphatic rings. The third kappa shape index (κ3) is 26.4. The smallest absolute Gasteiger partial charge is 0.410 e. The summed E-state index contributed by atoms with van der Waals surface area (Å²) in [6, 6.07) is 3.92. The highest BCUT2D eigenvalue weighted by Crippen LogP contribution is 2.45. The molecule has 32 nitrogen and oxygen atoms in total. The van der Waals surface area contributed by atoms with Crippen molar-refractivity contribution in [1.29, 1.82) is 0 Å². The van der Waals surface area contributed by atoms with E-state index >= 15 is 17.6 Å². The van der Waals surface area contributed by atoms with Crippen molar-refractivity contribution in [2.24, 2.45) is 23.7 Å². The number of benzene rings is 4. The van der Waals surface area contributed by atoms with Gasteiger partial charge in [0.15, 0.2) is 5.78 Å². The van der Waals surface area contributed by atoms with E-state index in [0.29, 0.717) is 12.8 Å². The highest BCUT2D eigenvalue weighted by atomic mass is 19.1. The van der Waals surface area contributed by atoms with Crippen LogP contribution in [0.5, 0.6) is 0 Å². The fraction of sp³-hybridized carbons (Fsp3) is 0.566. The van der Waals surface area contributed by atoms with Crippen molar-refractivity contribution >= 4 is 127 Å². The maximum absolute atomic E-state index is 15.4. The number of hydrogen-bond acceptors (Lipinski definition) is 20. The zero-order valence-corrected chi connectivity index (χ0v) is 84.8. The molecule has 12 rings (SSSR count). The predicted molar refractivity (Wildman–Crippen MR) is 526 cm³/mol. The number of rotatable bonds is 36. The van der Waals surface area contributed by atoms with E-state index in [1.165, 1.54) is 80.8 Å². The summed E-state index contributed by atoms with van der Waals surface area (Å²) in [5.41, 5.74) is -2.70. The number of aromatic amines is 4. The molecule has 6 N–H and O–H groups in total. The first-order valence-electron chi connectivity index (χ1n) is 52.7. The van der Waals surface area contributed by atoms with Gasteiger partial charge in [0.25, 0.3) is 0 Å². The van der Waals surface area contributed by atoms with Crippen LogP contribution in [0.3, 0.4) is 0 Å². The monoisotopic (exact) mass is 1990 g/mol. The van der Waals surface area contributed by atoms with Crippen LogP contribution >= 0.6 is 0 Å². The van der Waals surface area contributed by atoms with Gasteiger partial charge in [-0.05, 0) is 214 Å². The molecular weight excluding hydrogens is 1840 g/mol. The molecule has 36 heteroatoms. The standard InChI is InChI=1S/C57H77F2N7O12.C49H63F2N5O8/c1-15-34(21-48(69)30(3)63(13)54(73)77-56(7,8)9)52(71)65-28-39(75-32(5)67)24-37(65)26-43-41-19-17-35(58)22-46(41)60-49(43)50-44(42-20-18-36(59)23-47(42)61-50)27-38-25-40(76-33(6)68)29-66(38)53(72)45(16-2)62-51(70)31(4)64(14)55(74)78-57(10,11)12;1-9-26(5)44(59)17-30(11-3)48(61)55-24-35(63-28(7)57)20-33(55)22-39-37-15-13-31(50)18-42(37)52-45(39)46-40(38-16-14-32(51)19-43(38)53-46)23-34-21-36(64-29(8)58)25-56(34)49(62)41(12-4)54-47(60)27(6)10-2/h17-20,22-23,30-31,34,37-40,45,60-61H,15-16,21,24-29H2,1-14H3,(H,62,70);13-16,18-19,26-27,30,33-36,41,52-53H,9-12,17,20-25H2,1-8H3,(H,54,60)/t30-,31-,34+,37-,38-,39-,40-,45-;26-,27-,30-,33+,34+,35+,36+,41+/m01/s1/i26D2,27D2;22D2,23D2. The van der Waals surface area contributed by atoms with Crippen molar-refractivity contribution in [2.45, 2.75) is 325 Å². The zero-order chi connectivity index (χ0) is 112. The fourth-order valence-electron chi connectivity index (χ4n) is 18.3. The summed E-state index contributed by atoms with van der Waals surface area (Å²) in [5, 5.41) is 5.97. The number of ketones is 2. The third-order valence-electron chi connectivity index (χ3n) is 26.5. The number of ether oxygens (including phenoxy) is 6. The number of halogens is 4. The Labute approximate surface area is 837 Å². The Bertz CT molecular complexity index is 6080. The van der Waals surface area contributed by atoms with Gasteiger partial charge in [-0.3, -0.25) is 62.4 Å². The van der Waals surface area contributed by atoms with Crippen LogP contribution in [0, 0.1) is 46.9 Å². The lowest BCUT2D eigenvalue weighted by Gasteiger charge is -2.31. The summed E-state index contributed by atoms with van der Waals surface area (Å²) in [5.74, 6) is -12.5. The maximum atomic E-state index is 15.4. The Morgan fingerprint density at radius 1 is 0.387 bits per heavy atom. The van der Waals surface area contributed by atoms with E-state index in [1.807, 2.05) is 13.8 Å². The molecule has 0 spiro atoms. The Kier molecular flexibility index (Phi) is 32.2. The van der Waals surface area contributed by atoms with Crippen LogP contribution < -0.4 is 10.6 Å². The minimum Gasteiger partial charge on any atom is -0.461 e. The van der Waals surface area contributed by atoms with Gasteiger partial charge in [0, 0.05) is 183 Å². The maximum Gasteiger partial charge on any atom is 0.410 e. The molecular formula is C106H140F4N12O20. The molecule has 4 fully saturated rings. The molecule has 8 aromatic rings. The van der Waals surface area contributed by atoms with Gasteiger partial charge in [-0.15, -0.1) is 0 Å². The SMILES string of the molecule is [2H]C([2H])(c1c(-c2[nH]c3cc(F)ccc3c2C([2H])([2H])[C@@H]2C[C@H](OC(C)=O)CN2C(=O)[C@H](CC)NC(=O)[C@H](C)CC)[nH]c2cc(F)ccc12)[C@@H]1C[C@H](OC(C)=O)CN1C(=O)[C@H](CC)CC(=O)[C@H](C)CC.[2H]C([2H])(c1c(-c2[nH]c3cc(F)ccc3c2C([2H])([2H])[C@@H]2C[C@H](OC(C)=O)CN2C(=O)[C@H](CC)NC(=O)[C@H](C)N(C)C(=O)OC(C)(C)C)[nH]c2cc(F)ccc12)[C@@H]1C[C@H](OC(C)=O)CN1C(=O)[C@H](CC)CC(=O)[C@H](C)N(C)C(=O)OC(C)(C)C. The van der Waals surface area contributed by atoms with Crippen molar-refractivity contribution in [1.82, 2.24) is 60.0 Å². The largest absolute Gasteiger partial charge is 0.461 e. The Morgan fingerprint density at radius 2 is 0.655 bits per heavy atom. The van der Waals surface area contributed by atoms with Gasteiger partial charge in [-0.2, -0.15) is 0 Å². The summed E-state index contributed by atoms with van der Waals surface area (Å²) in [6.45, 7) is 30.5. The summed E-state index contributed by atoms with van der Waals surface area (Å²) < 4.78 is 176. The summed E-state index contributed by atoms with van der Waals surface area (Å²) in [4.78, 5) is 208. The Hall–Kier alpha value is -12.7. The summed E-state index contributed by atoms with van der Waals surface area (Å²) in [7, 11) is 2.75. The van der Waals surface area contributed by atoms with Crippen LogP contribution in [0.4, 0.5) is 27.2 Å². The number of fused-ring (bicyclic) bond motifs is 4. The van der Waals surface area contributed by atoms with Gasteiger partial charge >= 0.3 is 36.1 Å². The lowest BCUT2D eigenvalue weighted by atomic mass is 9.90. The number of carbonyl (C=O) groups is 14. The fourth-order valence-corrected chi connectivity index (χ4v) is 18.3.